The van der Waals surface area contributed by atoms with Crippen molar-refractivity contribution in [3.8, 4) is 0 Å². The van der Waals surface area contributed by atoms with Crippen molar-refractivity contribution >= 4 is 38.2 Å². The number of hydrogen-bond donors (Lipinski definition) is 1. The Labute approximate surface area is 181 Å². The van der Waals surface area contributed by atoms with Crippen LogP contribution in [0.15, 0.2) is 53.7 Å². The van der Waals surface area contributed by atoms with Crippen molar-refractivity contribution in [3.63, 3.8) is 0 Å². The number of halogens is 1. The molecule has 9 heteroatoms. The summed E-state index contributed by atoms with van der Waals surface area (Å²) in [7, 11) is -3.33. The molecule has 1 atom stereocenters. The molecule has 3 aromatic rings. The number of anilines is 1. The van der Waals surface area contributed by atoms with Gasteiger partial charge in [-0.2, -0.15) is 0 Å². The highest BCUT2D eigenvalue weighted by atomic mass is 35.5. The van der Waals surface area contributed by atoms with Gasteiger partial charge in [-0.1, -0.05) is 29.8 Å². The van der Waals surface area contributed by atoms with Crippen LogP contribution in [0.3, 0.4) is 0 Å². The molecule has 1 aliphatic heterocycles. The first kappa shape index (κ1) is 21.0. The fourth-order valence-corrected chi connectivity index (χ4v) is 4.58. The van der Waals surface area contributed by atoms with E-state index in [9.17, 15) is 8.42 Å². The van der Waals surface area contributed by atoms with Crippen molar-refractivity contribution in [1.82, 2.24) is 14.9 Å². The Morgan fingerprint density at radius 3 is 2.67 bits per heavy atom. The molecule has 1 aromatic heterocycles. The molecule has 0 radical (unpaired) electrons. The van der Waals surface area contributed by atoms with Gasteiger partial charge in [0.05, 0.1) is 29.7 Å². The molecular weight excluding hydrogens is 424 g/mol. The summed E-state index contributed by atoms with van der Waals surface area (Å²) in [6.45, 7) is 3.52. The highest BCUT2D eigenvalue weighted by Crippen LogP contribution is 2.30. The van der Waals surface area contributed by atoms with Crippen molar-refractivity contribution in [1.29, 1.82) is 0 Å². The SMILES string of the molecule is CS(=O)(=O)c1ccc2ncnc(NCC(c3ccccc3Cl)N3CCOCC3)c2c1. The van der Waals surface area contributed by atoms with Gasteiger partial charge in [-0.25, -0.2) is 18.4 Å². The quantitative estimate of drug-likeness (QED) is 0.622. The van der Waals surface area contributed by atoms with E-state index >= 15 is 0 Å². The van der Waals surface area contributed by atoms with E-state index in [-0.39, 0.29) is 10.9 Å². The Balaban J connectivity index is 1.66. The molecule has 0 spiro atoms. The number of rotatable bonds is 6. The molecule has 7 nitrogen and oxygen atoms in total. The van der Waals surface area contributed by atoms with Gasteiger partial charge in [-0.3, -0.25) is 4.90 Å². The zero-order valence-corrected chi connectivity index (χ0v) is 18.2. The summed E-state index contributed by atoms with van der Waals surface area (Å²) in [4.78, 5) is 11.2. The van der Waals surface area contributed by atoms with E-state index in [1.807, 2.05) is 24.3 Å². The minimum absolute atomic E-state index is 0.0192. The second kappa shape index (κ2) is 8.85. The summed E-state index contributed by atoms with van der Waals surface area (Å²) in [5.41, 5.74) is 1.71. The largest absolute Gasteiger partial charge is 0.379 e. The third kappa shape index (κ3) is 4.57. The monoisotopic (exact) mass is 446 g/mol. The number of nitrogens with one attached hydrogen (secondary N) is 1. The predicted molar refractivity (Wildman–Crippen MR) is 118 cm³/mol. The van der Waals surface area contributed by atoms with E-state index in [4.69, 9.17) is 16.3 Å². The van der Waals surface area contributed by atoms with Gasteiger partial charge in [-0.15, -0.1) is 0 Å². The Bertz CT molecular complexity index is 1150. The maximum absolute atomic E-state index is 12.0. The van der Waals surface area contributed by atoms with E-state index < -0.39 is 9.84 Å². The molecule has 1 N–H and O–H groups in total. The van der Waals surface area contributed by atoms with Gasteiger partial charge in [-0.05, 0) is 29.8 Å². The normalized spacial score (nSPS) is 16.5. The Kier molecular flexibility index (Phi) is 6.19. The van der Waals surface area contributed by atoms with Gasteiger partial charge in [0.25, 0.3) is 0 Å². The molecule has 0 bridgehead atoms. The molecule has 0 amide bonds. The van der Waals surface area contributed by atoms with Gasteiger partial charge in [0.15, 0.2) is 9.84 Å². The number of sulfone groups is 1. The summed E-state index contributed by atoms with van der Waals surface area (Å²) in [6.07, 6.45) is 2.67. The molecule has 0 aliphatic carbocycles. The molecule has 158 valence electrons. The molecule has 1 saturated heterocycles. The van der Waals surface area contributed by atoms with E-state index in [1.54, 1.807) is 18.2 Å². The molecule has 30 heavy (non-hydrogen) atoms. The maximum Gasteiger partial charge on any atom is 0.175 e. The third-order valence-corrected chi connectivity index (χ3v) is 6.70. The van der Waals surface area contributed by atoms with Crippen LogP contribution in [0.2, 0.25) is 5.02 Å². The van der Waals surface area contributed by atoms with E-state index in [2.05, 4.69) is 20.2 Å². The fourth-order valence-electron chi connectivity index (χ4n) is 3.67. The summed E-state index contributed by atoms with van der Waals surface area (Å²) in [5.74, 6) is 0.593. The van der Waals surface area contributed by atoms with Crippen LogP contribution in [0.5, 0.6) is 0 Å². The van der Waals surface area contributed by atoms with Gasteiger partial charge < -0.3 is 10.1 Å². The van der Waals surface area contributed by atoms with Crippen molar-refractivity contribution in [2.24, 2.45) is 0 Å². The first-order valence-electron chi connectivity index (χ1n) is 9.68. The Morgan fingerprint density at radius 2 is 1.93 bits per heavy atom. The predicted octanol–water partition coefficient (Wildman–Crippen LogP) is 3.17. The number of aromatic nitrogens is 2. The number of benzene rings is 2. The van der Waals surface area contributed by atoms with Crippen LogP contribution in [0.1, 0.15) is 11.6 Å². The molecule has 0 saturated carbocycles. The number of morpholine rings is 1. The second-order valence-electron chi connectivity index (χ2n) is 7.24. The topological polar surface area (TPSA) is 84.4 Å². The fraction of sp³-hybridized carbons (Fsp3) is 0.333. The zero-order chi connectivity index (χ0) is 21.1. The maximum atomic E-state index is 12.0. The molecule has 4 rings (SSSR count). The van der Waals surface area contributed by atoms with Crippen LogP contribution < -0.4 is 5.32 Å². The van der Waals surface area contributed by atoms with E-state index in [0.717, 1.165) is 18.7 Å². The number of hydrogen-bond acceptors (Lipinski definition) is 7. The van der Waals surface area contributed by atoms with Crippen molar-refractivity contribution < 1.29 is 13.2 Å². The highest BCUT2D eigenvalue weighted by molar-refractivity contribution is 7.90. The lowest BCUT2D eigenvalue weighted by Gasteiger charge is -2.35. The van der Waals surface area contributed by atoms with Gasteiger partial charge in [0, 0.05) is 36.3 Å². The van der Waals surface area contributed by atoms with Gasteiger partial charge in [0.1, 0.15) is 12.1 Å². The first-order chi connectivity index (χ1) is 14.4. The van der Waals surface area contributed by atoms with Crippen LogP contribution in [-0.2, 0) is 14.6 Å². The van der Waals surface area contributed by atoms with E-state index in [0.29, 0.717) is 41.5 Å². The lowest BCUT2D eigenvalue weighted by atomic mass is 10.0. The smallest absolute Gasteiger partial charge is 0.175 e. The lowest BCUT2D eigenvalue weighted by molar-refractivity contribution is 0.0187. The minimum atomic E-state index is -3.33. The molecule has 1 unspecified atom stereocenters. The average molecular weight is 447 g/mol. The molecule has 1 fully saturated rings. The van der Waals surface area contributed by atoms with Crippen LogP contribution in [0.25, 0.3) is 10.9 Å². The van der Waals surface area contributed by atoms with Gasteiger partial charge >= 0.3 is 0 Å². The second-order valence-corrected chi connectivity index (χ2v) is 9.66. The molecular formula is C21H23ClN4O3S. The van der Waals surface area contributed by atoms with Crippen LogP contribution in [-0.4, -0.2) is 62.4 Å². The van der Waals surface area contributed by atoms with Crippen LogP contribution in [0, 0.1) is 0 Å². The van der Waals surface area contributed by atoms with Crippen molar-refractivity contribution in [2.45, 2.75) is 10.9 Å². The van der Waals surface area contributed by atoms with Gasteiger partial charge in [0.2, 0.25) is 0 Å². The van der Waals surface area contributed by atoms with Crippen molar-refractivity contribution in [2.75, 3.05) is 44.4 Å². The van der Waals surface area contributed by atoms with Crippen molar-refractivity contribution in [3.05, 3.63) is 59.4 Å². The summed E-state index contributed by atoms with van der Waals surface area (Å²) >= 11 is 6.51. The van der Waals surface area contributed by atoms with Crippen LogP contribution >= 0.6 is 11.6 Å². The third-order valence-electron chi connectivity index (χ3n) is 5.25. The average Bonchev–Trinajstić information content (AvgIpc) is 2.75. The lowest BCUT2D eigenvalue weighted by Crippen LogP contribution is -2.41. The Morgan fingerprint density at radius 1 is 1.17 bits per heavy atom. The number of ether oxygens (including phenoxy) is 1. The van der Waals surface area contributed by atoms with E-state index in [1.165, 1.54) is 12.6 Å². The summed E-state index contributed by atoms with van der Waals surface area (Å²) in [5, 5.41) is 4.78. The zero-order valence-electron chi connectivity index (χ0n) is 16.6. The number of nitrogens with zero attached hydrogens (tertiary/aromatic N) is 3. The molecule has 2 heterocycles. The minimum Gasteiger partial charge on any atom is -0.379 e. The standard InChI is InChI=1S/C21H23ClN4O3S/c1-30(27,28)15-6-7-19-17(12-15)21(25-14-24-19)23-13-20(26-8-10-29-11-9-26)16-4-2-3-5-18(16)22/h2-7,12,14,20H,8-11,13H2,1H3,(H,23,24,25). The summed E-state index contributed by atoms with van der Waals surface area (Å²) in [6, 6.07) is 12.7. The number of fused-ring (bicyclic) bond motifs is 1. The van der Waals surface area contributed by atoms with Crippen LogP contribution in [0.4, 0.5) is 5.82 Å². The molecule has 2 aromatic carbocycles. The summed E-state index contributed by atoms with van der Waals surface area (Å²) < 4.78 is 29.5. The first-order valence-corrected chi connectivity index (χ1v) is 12.0. The Hall–Kier alpha value is -2.26. The highest BCUT2D eigenvalue weighted by Gasteiger charge is 2.24. The molecule has 1 aliphatic rings.